The number of aromatic nitrogens is 2. The van der Waals surface area contributed by atoms with Crippen molar-refractivity contribution < 1.29 is 9.31 Å². The van der Waals surface area contributed by atoms with Gasteiger partial charge in [0, 0.05) is 22.4 Å². The lowest BCUT2D eigenvalue weighted by Crippen LogP contribution is -2.41. The molecule has 0 atom stereocenters. The van der Waals surface area contributed by atoms with Crippen LogP contribution in [0.1, 0.15) is 27.7 Å². The van der Waals surface area contributed by atoms with Gasteiger partial charge in [0.25, 0.3) is 0 Å². The second kappa shape index (κ2) is 6.68. The summed E-state index contributed by atoms with van der Waals surface area (Å²) in [6, 6.07) is 25.4. The highest BCUT2D eigenvalue weighted by Crippen LogP contribution is 2.39. The van der Waals surface area contributed by atoms with Crippen molar-refractivity contribution >= 4 is 45.3 Å². The molecule has 6 rings (SSSR count). The molecule has 0 bridgehead atoms. The van der Waals surface area contributed by atoms with Crippen molar-refractivity contribution in [2.75, 3.05) is 0 Å². The lowest BCUT2D eigenvalue weighted by Gasteiger charge is -2.32. The first kappa shape index (κ1) is 19.5. The molecule has 0 N–H and O–H groups in total. The third-order valence-electron chi connectivity index (χ3n) is 7.09. The molecule has 0 unspecified atom stereocenters. The highest BCUT2D eigenvalue weighted by molar-refractivity contribution is 6.66. The Balaban J connectivity index is 1.68. The fraction of sp³-hybridized carbons (Fsp3) is 0.222. The zero-order valence-electron chi connectivity index (χ0n) is 18.8. The van der Waals surface area contributed by atoms with Crippen LogP contribution in [-0.4, -0.2) is 27.9 Å². The molecule has 3 heterocycles. The summed E-state index contributed by atoms with van der Waals surface area (Å²) in [5, 5.41) is 3.47. The molecule has 5 heteroatoms. The maximum Gasteiger partial charge on any atom is 0.495 e. The van der Waals surface area contributed by atoms with E-state index in [9.17, 15) is 0 Å². The monoisotopic (exact) mass is 420 g/mol. The van der Waals surface area contributed by atoms with Crippen molar-refractivity contribution in [2.24, 2.45) is 0 Å². The maximum absolute atomic E-state index is 6.45. The number of para-hydroxylation sites is 2. The topological polar surface area (TPSA) is 36.3 Å². The second-order valence-corrected chi connectivity index (χ2v) is 9.53. The molecular weight excluding hydrogens is 395 g/mol. The molecule has 0 amide bonds. The summed E-state index contributed by atoms with van der Waals surface area (Å²) in [6.45, 7) is 8.38. The van der Waals surface area contributed by atoms with E-state index < -0.39 is 18.3 Å². The van der Waals surface area contributed by atoms with Crippen LogP contribution in [0.5, 0.6) is 0 Å². The lowest BCUT2D eigenvalue weighted by atomic mass is 9.76. The molecule has 0 saturated carbocycles. The van der Waals surface area contributed by atoms with E-state index in [-0.39, 0.29) is 0 Å². The number of nitrogens with zero attached hydrogens (tertiary/aromatic N) is 2. The fourth-order valence-electron chi connectivity index (χ4n) is 4.74. The van der Waals surface area contributed by atoms with Gasteiger partial charge in [-0.15, -0.1) is 0 Å². The largest absolute Gasteiger partial charge is 0.495 e. The minimum atomic E-state index is -0.423. The van der Waals surface area contributed by atoms with Crippen molar-refractivity contribution in [3.05, 3.63) is 79.0 Å². The van der Waals surface area contributed by atoms with Crippen LogP contribution in [0.25, 0.3) is 38.4 Å². The first-order valence-electron chi connectivity index (χ1n) is 11.1. The molecule has 1 aliphatic heterocycles. The van der Waals surface area contributed by atoms with Crippen LogP contribution in [0, 0.1) is 0 Å². The minimum Gasteiger partial charge on any atom is -0.399 e. The van der Waals surface area contributed by atoms with Crippen LogP contribution in [-0.2, 0) is 9.31 Å². The molecule has 1 saturated heterocycles. The van der Waals surface area contributed by atoms with Gasteiger partial charge in [0.05, 0.1) is 33.4 Å². The number of fused-ring (bicyclic) bond motifs is 4. The number of pyridine rings is 1. The van der Waals surface area contributed by atoms with E-state index in [2.05, 4.69) is 99.0 Å². The summed E-state index contributed by atoms with van der Waals surface area (Å²) >= 11 is 0. The van der Waals surface area contributed by atoms with E-state index in [1.807, 2.05) is 12.3 Å². The molecule has 1 aliphatic rings. The van der Waals surface area contributed by atoms with Gasteiger partial charge in [0.1, 0.15) is 0 Å². The summed E-state index contributed by atoms with van der Waals surface area (Å²) in [5.74, 6) is 0. The van der Waals surface area contributed by atoms with Crippen molar-refractivity contribution in [3.63, 3.8) is 0 Å². The van der Waals surface area contributed by atoms with Gasteiger partial charge in [0.2, 0.25) is 0 Å². The Kier molecular flexibility index (Phi) is 4.08. The quantitative estimate of drug-likeness (QED) is 0.347. The van der Waals surface area contributed by atoms with Crippen molar-refractivity contribution in [3.8, 4) is 5.69 Å². The van der Waals surface area contributed by atoms with Crippen molar-refractivity contribution in [1.82, 2.24) is 9.55 Å². The fourth-order valence-corrected chi connectivity index (χ4v) is 4.74. The molecular formula is C27H25BN2O2. The van der Waals surface area contributed by atoms with Gasteiger partial charge in [-0.3, -0.25) is 4.98 Å². The molecule has 1 fully saturated rings. The Morgan fingerprint density at radius 1 is 0.750 bits per heavy atom. The smallest absolute Gasteiger partial charge is 0.399 e. The summed E-state index contributed by atoms with van der Waals surface area (Å²) in [5.41, 5.74) is 4.60. The molecule has 3 aromatic carbocycles. The number of rotatable bonds is 2. The Labute approximate surface area is 187 Å². The van der Waals surface area contributed by atoms with Crippen LogP contribution in [0.15, 0.2) is 79.0 Å². The van der Waals surface area contributed by atoms with Crippen LogP contribution in [0.2, 0.25) is 0 Å². The number of benzene rings is 3. The summed E-state index contributed by atoms with van der Waals surface area (Å²) < 4.78 is 15.2. The summed E-state index contributed by atoms with van der Waals surface area (Å²) in [7, 11) is -0.423. The van der Waals surface area contributed by atoms with Crippen LogP contribution >= 0.6 is 0 Å². The predicted octanol–water partition coefficient (Wildman–Crippen LogP) is 5.63. The molecule has 0 spiro atoms. The third-order valence-corrected chi connectivity index (χ3v) is 7.09. The van der Waals surface area contributed by atoms with E-state index >= 15 is 0 Å². The first-order chi connectivity index (χ1) is 15.4. The molecule has 5 aromatic rings. The van der Waals surface area contributed by atoms with E-state index in [4.69, 9.17) is 14.3 Å². The Bertz CT molecular complexity index is 1480. The Hall–Kier alpha value is -3.15. The molecule has 32 heavy (non-hydrogen) atoms. The van der Waals surface area contributed by atoms with E-state index in [1.54, 1.807) is 0 Å². The average molecular weight is 420 g/mol. The van der Waals surface area contributed by atoms with Gasteiger partial charge in [-0.05, 0) is 57.4 Å². The molecule has 0 aliphatic carbocycles. The Morgan fingerprint density at radius 2 is 1.44 bits per heavy atom. The zero-order chi connectivity index (χ0) is 22.1. The van der Waals surface area contributed by atoms with E-state index in [0.717, 1.165) is 38.5 Å². The number of hydrogen-bond donors (Lipinski definition) is 0. The van der Waals surface area contributed by atoms with Gasteiger partial charge in [-0.25, -0.2) is 0 Å². The third kappa shape index (κ3) is 2.68. The molecule has 4 nitrogen and oxygen atoms in total. The van der Waals surface area contributed by atoms with Crippen molar-refractivity contribution in [1.29, 1.82) is 0 Å². The minimum absolute atomic E-state index is 0.391. The normalized spacial score (nSPS) is 17.6. The van der Waals surface area contributed by atoms with Gasteiger partial charge >= 0.3 is 7.12 Å². The maximum atomic E-state index is 6.45. The molecule has 0 radical (unpaired) electrons. The molecule has 2 aromatic heterocycles. The van der Waals surface area contributed by atoms with Gasteiger partial charge in [0.15, 0.2) is 0 Å². The van der Waals surface area contributed by atoms with Gasteiger partial charge in [-0.1, -0.05) is 48.5 Å². The van der Waals surface area contributed by atoms with E-state index in [1.165, 1.54) is 5.39 Å². The van der Waals surface area contributed by atoms with Crippen LogP contribution < -0.4 is 5.46 Å². The summed E-state index contributed by atoms with van der Waals surface area (Å²) in [6.07, 6.45) is 1.86. The Morgan fingerprint density at radius 3 is 2.25 bits per heavy atom. The van der Waals surface area contributed by atoms with E-state index in [0.29, 0.717) is 0 Å². The first-order valence-corrected chi connectivity index (χ1v) is 11.1. The second-order valence-electron chi connectivity index (χ2n) is 9.53. The highest BCUT2D eigenvalue weighted by Gasteiger charge is 2.52. The number of hydrogen-bond acceptors (Lipinski definition) is 3. The standard InChI is InChI=1S/C27H25BN2O2/c1-26(2)27(3,4)32-28(31-26)20-13-8-15-22-24(20)19-12-5-6-14-21(19)30(22)23-16-7-10-18-11-9-17-29-25(18)23/h5-17H,1-4H3. The summed E-state index contributed by atoms with van der Waals surface area (Å²) in [4.78, 5) is 4.72. The lowest BCUT2D eigenvalue weighted by molar-refractivity contribution is 0.00578. The molecule has 158 valence electrons. The average Bonchev–Trinajstić information content (AvgIpc) is 3.23. The predicted molar refractivity (Wildman–Crippen MR) is 132 cm³/mol. The van der Waals surface area contributed by atoms with Gasteiger partial charge in [-0.2, -0.15) is 0 Å². The highest BCUT2D eigenvalue weighted by atomic mass is 16.7. The SMILES string of the molecule is CC1(C)OB(c2cccc3c2c2ccccc2n3-c2cccc3cccnc23)OC1(C)C. The van der Waals surface area contributed by atoms with Gasteiger partial charge < -0.3 is 13.9 Å². The van der Waals surface area contributed by atoms with Crippen molar-refractivity contribution in [2.45, 2.75) is 38.9 Å². The van der Waals surface area contributed by atoms with Crippen LogP contribution in [0.3, 0.4) is 0 Å². The zero-order valence-corrected chi connectivity index (χ0v) is 18.8. The van der Waals surface area contributed by atoms with Crippen LogP contribution in [0.4, 0.5) is 0 Å².